The van der Waals surface area contributed by atoms with Gasteiger partial charge >= 0.3 is 12.2 Å². The van der Waals surface area contributed by atoms with Crippen molar-refractivity contribution in [3.8, 4) is 0 Å². The maximum absolute atomic E-state index is 13.0. The highest BCUT2D eigenvalue weighted by atomic mass is 16.6. The van der Waals surface area contributed by atoms with E-state index < -0.39 is 11.2 Å². The number of piperazine rings is 2. The topological polar surface area (TPSA) is 94.7 Å². The van der Waals surface area contributed by atoms with Gasteiger partial charge < -0.3 is 34.4 Å². The van der Waals surface area contributed by atoms with E-state index in [1.807, 2.05) is 90.9 Å². The molecule has 228 valence electrons. The number of benzene rings is 2. The maximum Gasteiger partial charge on any atom is 0.410 e. The molecule has 1 N–H and O–H groups in total. The third kappa shape index (κ3) is 8.30. The minimum Gasteiger partial charge on any atom is -0.444 e. The molecule has 2 aromatic carbocycles. The predicted molar refractivity (Wildman–Crippen MR) is 166 cm³/mol. The van der Waals surface area contributed by atoms with Gasteiger partial charge in [-0.05, 0) is 96.5 Å². The molecule has 2 aliphatic heterocycles. The van der Waals surface area contributed by atoms with Gasteiger partial charge in [0.25, 0.3) is 5.91 Å². The lowest BCUT2D eigenvalue weighted by molar-refractivity contribution is 0.0230. The van der Waals surface area contributed by atoms with Crippen LogP contribution in [0.3, 0.4) is 0 Å². The minimum absolute atomic E-state index is 0.172. The summed E-state index contributed by atoms with van der Waals surface area (Å²) in [6, 6.07) is 13.5. The van der Waals surface area contributed by atoms with E-state index in [1.165, 1.54) is 0 Å². The molecule has 2 heterocycles. The van der Waals surface area contributed by atoms with E-state index in [1.54, 1.807) is 9.80 Å². The van der Waals surface area contributed by atoms with E-state index in [0.717, 1.165) is 22.6 Å². The zero-order chi connectivity index (χ0) is 30.7. The lowest BCUT2D eigenvalue weighted by atomic mass is 10.1. The monoisotopic (exact) mass is 579 g/mol. The van der Waals surface area contributed by atoms with Crippen LogP contribution in [0.2, 0.25) is 0 Å². The Morgan fingerprint density at radius 2 is 1.14 bits per heavy atom. The van der Waals surface area contributed by atoms with Crippen molar-refractivity contribution in [1.29, 1.82) is 0 Å². The van der Waals surface area contributed by atoms with Gasteiger partial charge in [-0.2, -0.15) is 0 Å². The Labute approximate surface area is 249 Å². The second-order valence-electron chi connectivity index (χ2n) is 12.9. The Morgan fingerprint density at radius 3 is 1.60 bits per heavy atom. The van der Waals surface area contributed by atoms with Crippen molar-refractivity contribution in [2.45, 2.75) is 59.7 Å². The molecule has 0 unspecified atom stereocenters. The summed E-state index contributed by atoms with van der Waals surface area (Å²) >= 11 is 0. The average molecular weight is 580 g/mol. The highest BCUT2D eigenvalue weighted by Crippen LogP contribution is 2.26. The largest absolute Gasteiger partial charge is 0.444 e. The lowest BCUT2D eigenvalue weighted by Crippen LogP contribution is -2.50. The molecular weight excluding hydrogens is 534 g/mol. The van der Waals surface area contributed by atoms with E-state index in [4.69, 9.17) is 9.47 Å². The highest BCUT2D eigenvalue weighted by Gasteiger charge is 2.27. The summed E-state index contributed by atoms with van der Waals surface area (Å²) in [5, 5.41) is 3.01. The lowest BCUT2D eigenvalue weighted by Gasteiger charge is -2.37. The van der Waals surface area contributed by atoms with Gasteiger partial charge in [-0.1, -0.05) is 0 Å². The Bertz CT molecular complexity index is 1270. The van der Waals surface area contributed by atoms with Crippen LogP contribution in [0.25, 0.3) is 0 Å². The van der Waals surface area contributed by atoms with Gasteiger partial charge in [-0.3, -0.25) is 4.79 Å². The number of amides is 3. The van der Waals surface area contributed by atoms with Crippen LogP contribution in [-0.4, -0.2) is 91.5 Å². The van der Waals surface area contributed by atoms with Gasteiger partial charge in [0, 0.05) is 75.0 Å². The SMILES string of the molecule is Cc1cc(NC(=O)c2ccc(N3CCN(C(=O)OC(C)(C)C)CC3)cc2)ccc1N1CCN(C(=O)OC(C)(C)C)CC1. The van der Waals surface area contributed by atoms with Crippen LogP contribution < -0.4 is 15.1 Å². The van der Waals surface area contributed by atoms with Gasteiger partial charge in [0.05, 0.1) is 0 Å². The van der Waals surface area contributed by atoms with Crippen LogP contribution >= 0.6 is 0 Å². The summed E-state index contributed by atoms with van der Waals surface area (Å²) in [6.45, 7) is 18.5. The van der Waals surface area contributed by atoms with Crippen molar-refractivity contribution in [3.05, 3.63) is 53.6 Å². The third-order valence-electron chi connectivity index (χ3n) is 7.15. The molecule has 3 amide bonds. The number of hydrogen-bond acceptors (Lipinski definition) is 7. The molecule has 0 radical (unpaired) electrons. The van der Waals surface area contributed by atoms with E-state index in [9.17, 15) is 14.4 Å². The van der Waals surface area contributed by atoms with Crippen LogP contribution in [0.15, 0.2) is 42.5 Å². The molecular formula is C32H45N5O5. The molecule has 0 aliphatic carbocycles. The van der Waals surface area contributed by atoms with E-state index >= 15 is 0 Å². The summed E-state index contributed by atoms with van der Waals surface area (Å²) in [5.74, 6) is -0.172. The first kappa shape index (κ1) is 31.0. The fourth-order valence-corrected chi connectivity index (χ4v) is 5.05. The van der Waals surface area contributed by atoms with Crippen molar-refractivity contribution in [2.24, 2.45) is 0 Å². The second kappa shape index (κ2) is 12.5. The number of nitrogens with zero attached hydrogens (tertiary/aromatic N) is 4. The smallest absolute Gasteiger partial charge is 0.410 e. The Hall–Kier alpha value is -3.95. The highest BCUT2D eigenvalue weighted by molar-refractivity contribution is 6.04. The normalized spacial score (nSPS) is 16.3. The summed E-state index contributed by atoms with van der Waals surface area (Å²) in [5.41, 5.74) is 3.45. The van der Waals surface area contributed by atoms with E-state index in [-0.39, 0.29) is 18.1 Å². The first-order valence-electron chi connectivity index (χ1n) is 14.7. The Morgan fingerprint density at radius 1 is 0.667 bits per heavy atom. The maximum atomic E-state index is 13.0. The number of aryl methyl sites for hydroxylation is 1. The molecule has 2 saturated heterocycles. The molecule has 42 heavy (non-hydrogen) atoms. The average Bonchev–Trinajstić information content (AvgIpc) is 2.91. The van der Waals surface area contributed by atoms with Gasteiger partial charge in [0.2, 0.25) is 0 Å². The summed E-state index contributed by atoms with van der Waals surface area (Å²) in [7, 11) is 0. The fourth-order valence-electron chi connectivity index (χ4n) is 5.05. The standard InChI is InChI=1S/C32H45N5O5/c1-23-22-25(10-13-27(23)35-16-20-37(21-17-35)30(40)42-32(5,6)7)33-28(38)24-8-11-26(12-9-24)34-14-18-36(19-15-34)29(39)41-31(2,3)4/h8-13,22H,14-21H2,1-7H3,(H,33,38). The summed E-state index contributed by atoms with van der Waals surface area (Å²) in [6.07, 6.45) is -0.552. The number of anilines is 3. The van der Waals surface area contributed by atoms with Crippen molar-refractivity contribution < 1.29 is 23.9 Å². The van der Waals surface area contributed by atoms with Gasteiger partial charge in [0.1, 0.15) is 11.2 Å². The van der Waals surface area contributed by atoms with E-state index in [0.29, 0.717) is 57.9 Å². The van der Waals surface area contributed by atoms with Gasteiger partial charge in [-0.15, -0.1) is 0 Å². The van der Waals surface area contributed by atoms with Gasteiger partial charge in [0.15, 0.2) is 0 Å². The molecule has 4 rings (SSSR count). The van der Waals surface area contributed by atoms with Crippen LogP contribution in [0, 0.1) is 6.92 Å². The first-order valence-corrected chi connectivity index (χ1v) is 14.7. The predicted octanol–water partition coefficient (Wildman–Crippen LogP) is 5.36. The molecule has 0 aromatic heterocycles. The first-order chi connectivity index (χ1) is 19.7. The zero-order valence-corrected chi connectivity index (χ0v) is 26.0. The van der Waals surface area contributed by atoms with Crippen molar-refractivity contribution in [3.63, 3.8) is 0 Å². The zero-order valence-electron chi connectivity index (χ0n) is 26.0. The fraction of sp³-hybridized carbons (Fsp3) is 0.531. The van der Waals surface area contributed by atoms with Crippen LogP contribution in [0.5, 0.6) is 0 Å². The number of carbonyl (C=O) groups excluding carboxylic acids is 3. The second-order valence-corrected chi connectivity index (χ2v) is 12.9. The molecule has 2 aliphatic rings. The summed E-state index contributed by atoms with van der Waals surface area (Å²) in [4.78, 5) is 45.7. The molecule has 2 fully saturated rings. The minimum atomic E-state index is -0.508. The number of hydrogen-bond donors (Lipinski definition) is 1. The number of carbonyl (C=O) groups is 3. The van der Waals surface area contributed by atoms with Crippen LogP contribution in [0.1, 0.15) is 57.5 Å². The van der Waals surface area contributed by atoms with Gasteiger partial charge in [-0.25, -0.2) is 9.59 Å². The molecule has 0 bridgehead atoms. The molecule has 0 spiro atoms. The Kier molecular flexibility index (Phi) is 9.23. The number of rotatable bonds is 4. The van der Waals surface area contributed by atoms with Crippen molar-refractivity contribution in [2.75, 3.05) is 67.5 Å². The number of nitrogens with one attached hydrogen (secondary N) is 1. The molecule has 0 atom stereocenters. The molecule has 10 heteroatoms. The quantitative estimate of drug-likeness (QED) is 0.521. The Balaban J connectivity index is 1.28. The molecule has 0 saturated carbocycles. The number of ether oxygens (including phenoxy) is 2. The van der Waals surface area contributed by atoms with Crippen LogP contribution in [0.4, 0.5) is 26.7 Å². The summed E-state index contributed by atoms with van der Waals surface area (Å²) < 4.78 is 11.0. The van der Waals surface area contributed by atoms with Crippen LogP contribution in [-0.2, 0) is 9.47 Å². The van der Waals surface area contributed by atoms with Crippen molar-refractivity contribution in [1.82, 2.24) is 9.80 Å². The van der Waals surface area contributed by atoms with E-state index in [2.05, 4.69) is 15.1 Å². The molecule has 10 nitrogen and oxygen atoms in total. The third-order valence-corrected chi connectivity index (χ3v) is 7.15. The van der Waals surface area contributed by atoms with Crippen molar-refractivity contribution >= 4 is 35.2 Å². The molecule has 2 aromatic rings.